The fraction of sp³-hybridized carbons (Fsp3) is 0.440. The van der Waals surface area contributed by atoms with Gasteiger partial charge in [-0.25, -0.2) is 14.4 Å². The third-order valence-electron chi connectivity index (χ3n) is 6.79. The van der Waals surface area contributed by atoms with Gasteiger partial charge in [-0.3, -0.25) is 14.4 Å². The number of amides is 1. The molecule has 0 radical (unpaired) electrons. The molecule has 1 fully saturated rings. The molecule has 0 atom stereocenters. The summed E-state index contributed by atoms with van der Waals surface area (Å²) in [7, 11) is 1.89. The number of benzene rings is 1. The Labute approximate surface area is 199 Å². The Kier molecular flexibility index (Phi) is 6.03. The van der Waals surface area contributed by atoms with Gasteiger partial charge in [0.2, 0.25) is 5.91 Å². The number of anilines is 1. The van der Waals surface area contributed by atoms with Gasteiger partial charge in [0.15, 0.2) is 5.82 Å². The summed E-state index contributed by atoms with van der Waals surface area (Å²) in [5.41, 5.74) is 5.74. The van der Waals surface area contributed by atoms with Crippen molar-refractivity contribution in [3.05, 3.63) is 58.9 Å². The second-order valence-electron chi connectivity index (χ2n) is 9.22. The highest BCUT2D eigenvalue weighted by Gasteiger charge is 2.27. The van der Waals surface area contributed by atoms with Crippen LogP contribution in [-0.2, 0) is 31.4 Å². The largest absolute Gasteiger partial charge is 0.352 e. The summed E-state index contributed by atoms with van der Waals surface area (Å²) in [4.78, 5) is 28.5. The molecule has 0 unspecified atom stereocenters. The molecule has 0 bridgehead atoms. The van der Waals surface area contributed by atoms with E-state index in [9.17, 15) is 9.18 Å². The van der Waals surface area contributed by atoms with E-state index >= 15 is 0 Å². The van der Waals surface area contributed by atoms with Crippen LogP contribution < -0.4 is 4.90 Å². The highest BCUT2D eigenvalue weighted by molar-refractivity contribution is 5.74. The lowest BCUT2D eigenvalue weighted by Crippen LogP contribution is -2.46. The van der Waals surface area contributed by atoms with E-state index in [-0.39, 0.29) is 11.7 Å². The third kappa shape index (κ3) is 4.52. The minimum Gasteiger partial charge on any atom is -0.352 e. The number of carbonyl (C=O) groups excluding carboxylic acids is 1. The number of hydrogen-bond donors (Lipinski definition) is 0. The number of piperazine rings is 1. The summed E-state index contributed by atoms with van der Waals surface area (Å²) in [5, 5.41) is 4.34. The van der Waals surface area contributed by atoms with Crippen LogP contribution in [0, 0.1) is 12.7 Å². The lowest BCUT2D eigenvalue weighted by molar-refractivity contribution is -0.129. The molecule has 5 rings (SSSR count). The second kappa shape index (κ2) is 9.13. The quantitative estimate of drug-likeness (QED) is 0.592. The second-order valence-corrected chi connectivity index (χ2v) is 9.22. The lowest BCUT2D eigenvalue weighted by atomic mass is 10.1. The summed E-state index contributed by atoms with van der Waals surface area (Å²) in [5.74, 6) is 0.763. The maximum atomic E-state index is 13.5. The summed E-state index contributed by atoms with van der Waals surface area (Å²) >= 11 is 0. The number of carbonyl (C=O) groups is 1. The fourth-order valence-corrected chi connectivity index (χ4v) is 4.74. The highest BCUT2D eigenvalue weighted by Crippen LogP contribution is 2.31. The van der Waals surface area contributed by atoms with E-state index in [2.05, 4.69) is 14.9 Å². The van der Waals surface area contributed by atoms with Crippen molar-refractivity contribution in [3.8, 4) is 11.3 Å². The first kappa shape index (κ1) is 22.5. The van der Waals surface area contributed by atoms with Crippen molar-refractivity contribution in [2.24, 2.45) is 7.05 Å². The maximum Gasteiger partial charge on any atom is 0.219 e. The van der Waals surface area contributed by atoms with Gasteiger partial charge in [-0.2, -0.15) is 5.10 Å². The molecule has 8 nitrogen and oxygen atoms in total. The van der Waals surface area contributed by atoms with Gasteiger partial charge in [-0.05, 0) is 30.2 Å². The molecular weight excluding hydrogens is 433 g/mol. The van der Waals surface area contributed by atoms with Gasteiger partial charge >= 0.3 is 0 Å². The van der Waals surface area contributed by atoms with E-state index in [0.29, 0.717) is 19.5 Å². The smallest absolute Gasteiger partial charge is 0.219 e. The van der Waals surface area contributed by atoms with E-state index in [1.807, 2.05) is 37.3 Å². The number of fused-ring (bicyclic) bond motifs is 1. The topological polar surface area (TPSA) is 70.4 Å². The van der Waals surface area contributed by atoms with Gasteiger partial charge in [0.05, 0.1) is 24.1 Å². The van der Waals surface area contributed by atoms with Crippen LogP contribution in [-0.4, -0.2) is 68.2 Å². The number of rotatable bonds is 4. The zero-order valence-corrected chi connectivity index (χ0v) is 20.0. The minimum atomic E-state index is -0.189. The predicted molar refractivity (Wildman–Crippen MR) is 128 cm³/mol. The van der Waals surface area contributed by atoms with Gasteiger partial charge in [0, 0.05) is 71.4 Å². The zero-order valence-electron chi connectivity index (χ0n) is 20.0. The van der Waals surface area contributed by atoms with Crippen molar-refractivity contribution >= 4 is 11.7 Å². The van der Waals surface area contributed by atoms with Gasteiger partial charge in [0.25, 0.3) is 0 Å². The van der Waals surface area contributed by atoms with Crippen LogP contribution in [0.5, 0.6) is 0 Å². The number of nitrogens with zero attached hydrogens (tertiary/aromatic N) is 7. The van der Waals surface area contributed by atoms with Crippen molar-refractivity contribution in [1.82, 2.24) is 29.5 Å². The van der Waals surface area contributed by atoms with E-state index in [1.165, 1.54) is 6.07 Å². The molecule has 0 aliphatic carbocycles. The Hall–Kier alpha value is -3.33. The average molecular weight is 464 g/mol. The van der Waals surface area contributed by atoms with Gasteiger partial charge in [-0.15, -0.1) is 0 Å². The average Bonchev–Trinajstić information content (AvgIpc) is 3.26. The Bertz CT molecular complexity index is 1220. The number of halogens is 1. The summed E-state index contributed by atoms with van der Waals surface area (Å²) in [6, 6.07) is 5.02. The van der Waals surface area contributed by atoms with Crippen LogP contribution >= 0.6 is 0 Å². The molecule has 0 spiro atoms. The minimum absolute atomic E-state index is 0.0620. The van der Waals surface area contributed by atoms with E-state index < -0.39 is 0 Å². The van der Waals surface area contributed by atoms with Gasteiger partial charge in [-0.1, -0.05) is 6.07 Å². The van der Waals surface area contributed by atoms with Crippen LogP contribution in [0.2, 0.25) is 0 Å². The zero-order chi connectivity index (χ0) is 23.8. The van der Waals surface area contributed by atoms with E-state index in [1.54, 1.807) is 17.7 Å². The van der Waals surface area contributed by atoms with Crippen molar-refractivity contribution in [2.75, 3.05) is 37.6 Å². The molecule has 2 aliphatic rings. The molecule has 0 N–H and O–H groups in total. The van der Waals surface area contributed by atoms with Crippen LogP contribution in [0.4, 0.5) is 10.2 Å². The number of aromatic nitrogens is 4. The maximum absolute atomic E-state index is 13.5. The summed E-state index contributed by atoms with van der Waals surface area (Å²) < 4.78 is 15.2. The standard InChI is InChI=1S/C25H30FN7O/c1-17-12-21(26)5-4-19(17)15-31-8-10-32(11-9-31)25-24(20-13-27-30(3)14-20)28-23-16-33(18(2)34)7-6-22(23)29-25/h4-5,12-14H,6-11,15-16H2,1-3H3. The molecule has 0 saturated carbocycles. The molecular formula is C25H30FN7O. The molecule has 2 aromatic heterocycles. The molecule has 34 heavy (non-hydrogen) atoms. The lowest BCUT2D eigenvalue weighted by Gasteiger charge is -2.37. The normalized spacial score (nSPS) is 16.6. The van der Waals surface area contributed by atoms with Gasteiger partial charge < -0.3 is 9.80 Å². The first-order valence-corrected chi connectivity index (χ1v) is 11.7. The molecule has 3 aromatic rings. The van der Waals surface area contributed by atoms with E-state index in [0.717, 1.165) is 72.3 Å². The van der Waals surface area contributed by atoms with Crippen LogP contribution in [0.15, 0.2) is 30.6 Å². The molecule has 1 saturated heterocycles. The van der Waals surface area contributed by atoms with Crippen molar-refractivity contribution in [1.29, 1.82) is 0 Å². The fourth-order valence-electron chi connectivity index (χ4n) is 4.74. The Morgan fingerprint density at radius 1 is 1.09 bits per heavy atom. The predicted octanol–water partition coefficient (Wildman–Crippen LogP) is 2.55. The first-order chi connectivity index (χ1) is 16.4. The van der Waals surface area contributed by atoms with Crippen molar-refractivity contribution < 1.29 is 9.18 Å². The number of hydrogen-bond acceptors (Lipinski definition) is 6. The Balaban J connectivity index is 1.38. The Morgan fingerprint density at radius 2 is 1.88 bits per heavy atom. The first-order valence-electron chi connectivity index (χ1n) is 11.7. The van der Waals surface area contributed by atoms with Crippen LogP contribution in [0.1, 0.15) is 29.4 Å². The Morgan fingerprint density at radius 3 is 2.56 bits per heavy atom. The molecule has 9 heteroatoms. The molecule has 4 heterocycles. The number of aryl methyl sites for hydroxylation is 2. The van der Waals surface area contributed by atoms with E-state index in [4.69, 9.17) is 9.97 Å². The summed E-state index contributed by atoms with van der Waals surface area (Å²) in [6.45, 7) is 8.99. The third-order valence-corrected chi connectivity index (χ3v) is 6.79. The van der Waals surface area contributed by atoms with Crippen LogP contribution in [0.25, 0.3) is 11.3 Å². The molecule has 2 aliphatic heterocycles. The molecule has 1 aromatic carbocycles. The highest BCUT2D eigenvalue weighted by atomic mass is 19.1. The summed E-state index contributed by atoms with van der Waals surface area (Å²) in [6.07, 6.45) is 4.49. The van der Waals surface area contributed by atoms with Crippen LogP contribution in [0.3, 0.4) is 0 Å². The SMILES string of the molecule is CC(=O)N1CCc2nc(N3CCN(Cc4ccc(F)cc4C)CC3)c(-c3cnn(C)c3)nc2C1. The van der Waals surface area contributed by atoms with Crippen molar-refractivity contribution in [2.45, 2.75) is 33.4 Å². The monoisotopic (exact) mass is 463 g/mol. The van der Waals surface area contributed by atoms with Gasteiger partial charge in [0.1, 0.15) is 11.5 Å². The molecule has 1 amide bonds. The molecule has 178 valence electrons. The van der Waals surface area contributed by atoms with Crippen molar-refractivity contribution in [3.63, 3.8) is 0 Å².